The van der Waals surface area contributed by atoms with Crippen molar-refractivity contribution >= 4 is 17.7 Å². The number of likely N-dealkylation sites (N-methyl/N-ethyl adjacent to an activating group) is 1. The van der Waals surface area contributed by atoms with E-state index >= 15 is 0 Å². The zero-order valence-corrected chi connectivity index (χ0v) is 19.8. The van der Waals surface area contributed by atoms with Crippen molar-refractivity contribution < 1.29 is 43.9 Å². The molecule has 2 bridgehead atoms. The van der Waals surface area contributed by atoms with E-state index in [0.717, 1.165) is 11.1 Å². The second-order valence-corrected chi connectivity index (χ2v) is 10.0. The van der Waals surface area contributed by atoms with Crippen LogP contribution in [0.5, 0.6) is 11.5 Å². The minimum Gasteiger partial charge on any atom is -0.504 e. The van der Waals surface area contributed by atoms with E-state index in [9.17, 15) is 29.7 Å². The summed E-state index contributed by atoms with van der Waals surface area (Å²) in [5, 5.41) is 32.4. The van der Waals surface area contributed by atoms with Gasteiger partial charge in [-0.2, -0.15) is 0 Å². The average Bonchev–Trinajstić information content (AvgIpc) is 3.15. The first kappa shape index (κ1) is 23.8. The Bertz CT molecular complexity index is 1150. The number of aliphatic hydroxyl groups excluding tert-OH is 1. The van der Waals surface area contributed by atoms with Gasteiger partial charge < -0.3 is 34.4 Å². The van der Waals surface area contributed by atoms with Crippen LogP contribution in [-0.2, 0) is 35.7 Å². The van der Waals surface area contributed by atoms with Gasteiger partial charge in [0.05, 0.1) is 11.0 Å². The fourth-order valence-corrected chi connectivity index (χ4v) is 6.29. The lowest BCUT2D eigenvalue weighted by atomic mass is 9.50. The van der Waals surface area contributed by atoms with Crippen molar-refractivity contribution in [3.05, 3.63) is 35.1 Å². The van der Waals surface area contributed by atoms with Gasteiger partial charge in [0.1, 0.15) is 11.5 Å². The van der Waals surface area contributed by atoms with Gasteiger partial charge in [0.15, 0.2) is 29.8 Å². The highest BCUT2D eigenvalue weighted by Crippen LogP contribution is 2.65. The molecule has 5 rings (SSSR count). The molecule has 2 heterocycles. The van der Waals surface area contributed by atoms with Crippen LogP contribution in [-0.4, -0.2) is 81.5 Å². The summed E-state index contributed by atoms with van der Waals surface area (Å²) in [6, 6.07) is 3.25. The minimum atomic E-state index is -1.67. The number of aromatic hydroxyl groups is 1. The van der Waals surface area contributed by atoms with Crippen LogP contribution in [0.1, 0.15) is 44.2 Å². The normalized spacial score (nSPS) is 32.0. The van der Waals surface area contributed by atoms with Gasteiger partial charge >= 0.3 is 11.9 Å². The van der Waals surface area contributed by atoms with Crippen molar-refractivity contribution in [2.24, 2.45) is 0 Å². The lowest BCUT2D eigenvalue weighted by Gasteiger charge is -2.61. The highest BCUT2D eigenvalue weighted by Gasteiger charge is 2.72. The van der Waals surface area contributed by atoms with Gasteiger partial charge in [-0.25, -0.2) is 9.59 Å². The molecule has 4 aliphatic rings. The molecule has 0 aromatic heterocycles. The molecule has 188 valence electrons. The molecule has 10 heteroatoms. The molecule has 1 saturated heterocycles. The number of hydrogen-bond donors (Lipinski definition) is 3. The summed E-state index contributed by atoms with van der Waals surface area (Å²) in [4.78, 5) is 38.1. The van der Waals surface area contributed by atoms with E-state index in [-0.39, 0.29) is 24.0 Å². The SMILES string of the molecule is CC(=O)C[C@H](O)C(=O)O[C@@H](C)C(=O)OC1=CC[C@@]2(O)[C@H]3Cc4ccc(O)c5c4[C@@]2(CCN3C)[C@H]1O5. The van der Waals surface area contributed by atoms with Gasteiger partial charge in [0.2, 0.25) is 0 Å². The number of hydrogen-bond acceptors (Lipinski definition) is 10. The molecule has 1 spiro atoms. The first-order valence-electron chi connectivity index (χ1n) is 11.7. The lowest BCUT2D eigenvalue weighted by molar-refractivity contribution is -0.178. The van der Waals surface area contributed by atoms with Gasteiger partial charge in [-0.15, -0.1) is 0 Å². The summed E-state index contributed by atoms with van der Waals surface area (Å²) < 4.78 is 16.8. The average molecular weight is 488 g/mol. The van der Waals surface area contributed by atoms with Crippen molar-refractivity contribution in [1.82, 2.24) is 4.90 Å². The van der Waals surface area contributed by atoms with Crippen molar-refractivity contribution in [1.29, 1.82) is 0 Å². The molecule has 1 aromatic carbocycles. The zero-order valence-electron chi connectivity index (χ0n) is 19.8. The molecular weight excluding hydrogens is 458 g/mol. The number of phenolic OH excluding ortho intramolecular Hbond substituents is 1. The van der Waals surface area contributed by atoms with E-state index in [1.165, 1.54) is 13.8 Å². The summed E-state index contributed by atoms with van der Waals surface area (Å²) in [5.41, 5.74) is -0.353. The Morgan fingerprint density at radius 1 is 1.29 bits per heavy atom. The van der Waals surface area contributed by atoms with Gasteiger partial charge in [-0.3, -0.25) is 4.79 Å². The fraction of sp³-hybridized carbons (Fsp3) is 0.560. The highest BCUT2D eigenvalue weighted by molar-refractivity contribution is 5.86. The van der Waals surface area contributed by atoms with Crippen molar-refractivity contribution in [2.75, 3.05) is 13.6 Å². The lowest BCUT2D eigenvalue weighted by Crippen LogP contribution is -2.74. The smallest absolute Gasteiger partial charge is 0.352 e. The van der Waals surface area contributed by atoms with Gasteiger partial charge in [0, 0.05) is 24.4 Å². The second-order valence-electron chi connectivity index (χ2n) is 10.0. The van der Waals surface area contributed by atoms with E-state index in [4.69, 9.17) is 14.2 Å². The maximum Gasteiger partial charge on any atom is 0.352 e. The monoisotopic (exact) mass is 487 g/mol. The Morgan fingerprint density at radius 2 is 2.03 bits per heavy atom. The number of nitrogens with zero attached hydrogens (tertiary/aromatic N) is 1. The number of Topliss-reactive ketones (excluding diaryl/α,β-unsaturated/α-hetero) is 1. The maximum absolute atomic E-state index is 12.8. The van der Waals surface area contributed by atoms with Crippen LogP contribution in [0, 0.1) is 0 Å². The molecule has 10 nitrogen and oxygen atoms in total. The van der Waals surface area contributed by atoms with Crippen molar-refractivity contribution in [3.63, 3.8) is 0 Å². The van der Waals surface area contributed by atoms with Crippen molar-refractivity contribution in [2.45, 2.75) is 74.9 Å². The van der Waals surface area contributed by atoms with Gasteiger partial charge in [-0.1, -0.05) is 6.07 Å². The van der Waals surface area contributed by atoms with Crippen molar-refractivity contribution in [3.8, 4) is 11.5 Å². The highest BCUT2D eigenvalue weighted by atomic mass is 16.6. The quantitative estimate of drug-likeness (QED) is 0.485. The predicted molar refractivity (Wildman–Crippen MR) is 120 cm³/mol. The molecule has 6 atom stereocenters. The number of phenols is 1. The Labute approximate surface area is 202 Å². The van der Waals surface area contributed by atoms with E-state index in [1.54, 1.807) is 12.1 Å². The van der Waals surface area contributed by atoms with Crippen LogP contribution < -0.4 is 4.74 Å². The molecular formula is C25H29NO9. The molecule has 0 saturated carbocycles. The maximum atomic E-state index is 12.8. The first-order valence-corrected chi connectivity index (χ1v) is 11.7. The summed E-state index contributed by atoms with van der Waals surface area (Å²) in [6.45, 7) is 3.22. The number of ether oxygens (including phenoxy) is 3. The summed E-state index contributed by atoms with van der Waals surface area (Å²) in [7, 11) is 1.97. The molecule has 35 heavy (non-hydrogen) atoms. The number of ketones is 1. The van der Waals surface area contributed by atoms with Crippen LogP contribution in [0.3, 0.4) is 0 Å². The molecule has 3 N–H and O–H groups in total. The number of carbonyl (C=O) groups excluding carboxylic acids is 3. The number of piperidine rings is 1. The predicted octanol–water partition coefficient (Wildman–Crippen LogP) is 0.485. The summed E-state index contributed by atoms with van der Waals surface area (Å²) in [5.74, 6) is -1.94. The van der Waals surface area contributed by atoms with Gasteiger partial charge in [0.25, 0.3) is 0 Å². The molecule has 0 amide bonds. The molecule has 0 radical (unpaired) electrons. The zero-order chi connectivity index (χ0) is 25.3. The van der Waals surface area contributed by atoms with Gasteiger partial charge in [-0.05, 0) is 58.0 Å². The number of likely N-dealkylation sites (tertiary alicyclic amines) is 1. The largest absolute Gasteiger partial charge is 0.504 e. The number of aliphatic hydroxyl groups is 2. The topological polar surface area (TPSA) is 143 Å². The summed E-state index contributed by atoms with van der Waals surface area (Å²) in [6.07, 6.45) is -1.32. The fourth-order valence-electron chi connectivity index (χ4n) is 6.29. The number of rotatable bonds is 6. The third kappa shape index (κ3) is 3.30. The Kier molecular flexibility index (Phi) is 5.46. The van der Waals surface area contributed by atoms with E-state index < -0.39 is 53.5 Å². The standard InChI is InChI=1S/C25H29NO9/c1-12(27)10-16(29)23(31)33-13(2)22(30)34-17-6-7-25(32)18-11-14-4-5-15(28)20-19(14)24(25,21(17)35-20)8-9-26(18)3/h4-6,13,16,18,21,28-29,32H,7-11H2,1-3H3/t13-,16-,18+,21-,24-,25+/m0/s1. The number of carbonyl (C=O) groups is 3. The number of esters is 2. The van der Waals surface area contributed by atoms with Crippen LogP contribution in [0.2, 0.25) is 0 Å². The van der Waals surface area contributed by atoms with E-state index in [2.05, 4.69) is 4.90 Å². The third-order valence-electron chi connectivity index (χ3n) is 7.95. The first-order chi connectivity index (χ1) is 16.5. The van der Waals surface area contributed by atoms with Crippen LogP contribution in [0.4, 0.5) is 0 Å². The molecule has 1 fully saturated rings. The molecule has 2 aliphatic heterocycles. The third-order valence-corrected chi connectivity index (χ3v) is 7.95. The Morgan fingerprint density at radius 3 is 2.74 bits per heavy atom. The summed E-state index contributed by atoms with van der Waals surface area (Å²) >= 11 is 0. The van der Waals surface area contributed by atoms with Crippen LogP contribution in [0.25, 0.3) is 0 Å². The molecule has 1 aromatic rings. The van der Waals surface area contributed by atoms with Crippen LogP contribution in [0.15, 0.2) is 24.0 Å². The molecule has 0 unspecified atom stereocenters. The minimum absolute atomic E-state index is 0.0420. The number of benzene rings is 1. The Hall–Kier alpha value is -2.95. The van der Waals surface area contributed by atoms with E-state index in [0.29, 0.717) is 25.1 Å². The van der Waals surface area contributed by atoms with Crippen LogP contribution >= 0.6 is 0 Å². The second kappa shape index (κ2) is 8.04. The van der Waals surface area contributed by atoms with E-state index in [1.807, 2.05) is 13.1 Å². The Balaban J connectivity index is 1.43. The molecule has 2 aliphatic carbocycles.